The number of piperidine rings is 1. The van der Waals surface area contributed by atoms with Gasteiger partial charge in [0.05, 0.1) is 5.71 Å². The van der Waals surface area contributed by atoms with Crippen LogP contribution in [0.2, 0.25) is 0 Å². The average Bonchev–Trinajstić information content (AvgIpc) is 2.16. The molecule has 0 amide bonds. The molecular formula is C8H17N3O3S. The molecule has 1 aliphatic heterocycles. The van der Waals surface area contributed by atoms with Gasteiger partial charge in [0.15, 0.2) is 0 Å². The van der Waals surface area contributed by atoms with Crippen LogP contribution in [0.25, 0.3) is 0 Å². The Balaban J connectivity index is 2.60. The molecule has 0 atom stereocenters. The number of rotatable bonds is 3. The van der Waals surface area contributed by atoms with Crippen LogP contribution in [-0.2, 0) is 10.2 Å². The van der Waals surface area contributed by atoms with Gasteiger partial charge in [-0.05, 0) is 13.8 Å². The summed E-state index contributed by atoms with van der Waals surface area (Å²) in [5.74, 6) is 0. The van der Waals surface area contributed by atoms with Crippen LogP contribution in [0.3, 0.4) is 0 Å². The minimum absolute atomic E-state index is 0.108. The normalized spacial score (nSPS) is 19.5. The highest BCUT2D eigenvalue weighted by Crippen LogP contribution is 2.10. The number of nitrogens with zero attached hydrogens (tertiary/aromatic N) is 2. The first-order chi connectivity index (χ1) is 6.95. The van der Waals surface area contributed by atoms with Gasteiger partial charge in [-0.25, -0.2) is 0 Å². The number of hydrogen-bond acceptors (Lipinski definition) is 4. The Morgan fingerprint density at radius 1 is 1.40 bits per heavy atom. The summed E-state index contributed by atoms with van der Waals surface area (Å²) in [6, 6.07) is -0.108. The van der Waals surface area contributed by atoms with E-state index in [9.17, 15) is 8.42 Å². The summed E-state index contributed by atoms with van der Waals surface area (Å²) in [7, 11) is -3.37. The molecule has 1 rings (SSSR count). The summed E-state index contributed by atoms with van der Waals surface area (Å²) in [4.78, 5) is 0. The number of hydrogen-bond donors (Lipinski definition) is 2. The lowest BCUT2D eigenvalue weighted by Gasteiger charge is -2.27. The summed E-state index contributed by atoms with van der Waals surface area (Å²) in [6.07, 6.45) is 0.991. The van der Waals surface area contributed by atoms with E-state index in [-0.39, 0.29) is 6.04 Å². The minimum atomic E-state index is -3.37. The van der Waals surface area contributed by atoms with Crippen LogP contribution in [0.15, 0.2) is 5.16 Å². The molecule has 0 aromatic carbocycles. The third kappa shape index (κ3) is 3.44. The van der Waals surface area contributed by atoms with Gasteiger partial charge in [0.25, 0.3) is 10.2 Å². The molecule has 0 bridgehead atoms. The second kappa shape index (κ2) is 4.91. The third-order valence-corrected chi connectivity index (χ3v) is 3.98. The van der Waals surface area contributed by atoms with Gasteiger partial charge in [-0.1, -0.05) is 5.16 Å². The molecule has 88 valence electrons. The molecule has 2 N–H and O–H groups in total. The van der Waals surface area contributed by atoms with E-state index >= 15 is 0 Å². The fourth-order valence-electron chi connectivity index (χ4n) is 1.46. The van der Waals surface area contributed by atoms with Crippen molar-refractivity contribution in [2.75, 3.05) is 13.1 Å². The average molecular weight is 235 g/mol. The first-order valence-electron chi connectivity index (χ1n) is 4.93. The van der Waals surface area contributed by atoms with Crippen LogP contribution >= 0.6 is 0 Å². The maximum absolute atomic E-state index is 11.7. The Bertz CT molecular complexity index is 327. The molecule has 0 aromatic rings. The number of oxime groups is 1. The van der Waals surface area contributed by atoms with Gasteiger partial charge in [0.1, 0.15) is 0 Å². The molecule has 7 heteroatoms. The molecule has 1 heterocycles. The van der Waals surface area contributed by atoms with Crippen molar-refractivity contribution in [3.05, 3.63) is 0 Å². The van der Waals surface area contributed by atoms with Crippen molar-refractivity contribution in [2.45, 2.75) is 32.7 Å². The zero-order valence-electron chi connectivity index (χ0n) is 8.97. The Labute approximate surface area is 90.1 Å². The van der Waals surface area contributed by atoms with Crippen molar-refractivity contribution in [3.8, 4) is 0 Å². The first-order valence-corrected chi connectivity index (χ1v) is 6.37. The third-order valence-electron chi connectivity index (χ3n) is 2.17. The van der Waals surface area contributed by atoms with E-state index in [2.05, 4.69) is 9.88 Å². The van der Waals surface area contributed by atoms with Crippen LogP contribution in [0.5, 0.6) is 0 Å². The lowest BCUT2D eigenvalue weighted by atomic mass is 10.1. The van der Waals surface area contributed by atoms with Crippen molar-refractivity contribution < 1.29 is 13.6 Å². The largest absolute Gasteiger partial charge is 0.411 e. The Morgan fingerprint density at radius 3 is 2.33 bits per heavy atom. The molecule has 0 radical (unpaired) electrons. The van der Waals surface area contributed by atoms with Gasteiger partial charge in [0.2, 0.25) is 0 Å². The van der Waals surface area contributed by atoms with E-state index in [1.165, 1.54) is 4.31 Å². The summed E-state index contributed by atoms with van der Waals surface area (Å²) in [5, 5.41) is 11.6. The highest BCUT2D eigenvalue weighted by molar-refractivity contribution is 7.87. The van der Waals surface area contributed by atoms with E-state index in [1.54, 1.807) is 13.8 Å². The monoisotopic (exact) mass is 235 g/mol. The Kier molecular flexibility index (Phi) is 4.06. The first kappa shape index (κ1) is 12.4. The predicted molar refractivity (Wildman–Crippen MR) is 57.2 cm³/mol. The molecule has 0 aliphatic carbocycles. The summed E-state index contributed by atoms with van der Waals surface area (Å²) in [5.41, 5.74) is 0.658. The van der Waals surface area contributed by atoms with Crippen molar-refractivity contribution in [3.63, 3.8) is 0 Å². The topological polar surface area (TPSA) is 82.0 Å². The molecule has 1 saturated heterocycles. The van der Waals surface area contributed by atoms with E-state index in [4.69, 9.17) is 5.21 Å². The zero-order valence-corrected chi connectivity index (χ0v) is 9.79. The minimum Gasteiger partial charge on any atom is -0.411 e. The van der Waals surface area contributed by atoms with Crippen LogP contribution in [0.1, 0.15) is 26.7 Å². The Hall–Kier alpha value is -0.660. The SMILES string of the molecule is CC(C)NS(=O)(=O)N1CCC(=NO)CC1. The quantitative estimate of drug-likeness (QED) is 0.540. The van der Waals surface area contributed by atoms with E-state index in [0.29, 0.717) is 31.6 Å². The van der Waals surface area contributed by atoms with Gasteiger partial charge < -0.3 is 5.21 Å². The molecule has 0 unspecified atom stereocenters. The van der Waals surface area contributed by atoms with Gasteiger partial charge in [-0.2, -0.15) is 17.4 Å². The molecule has 1 fully saturated rings. The van der Waals surface area contributed by atoms with Crippen LogP contribution in [0.4, 0.5) is 0 Å². The zero-order chi connectivity index (χ0) is 11.5. The van der Waals surface area contributed by atoms with Gasteiger partial charge in [-0.15, -0.1) is 0 Å². The standard InChI is InChI=1S/C8H17N3O3S/c1-7(2)10-15(13,14)11-5-3-8(9-12)4-6-11/h7,10,12H,3-6H2,1-2H3. The molecule has 6 nitrogen and oxygen atoms in total. The fraction of sp³-hybridized carbons (Fsp3) is 0.875. The van der Waals surface area contributed by atoms with Gasteiger partial charge >= 0.3 is 0 Å². The molecule has 15 heavy (non-hydrogen) atoms. The second-order valence-electron chi connectivity index (χ2n) is 3.84. The van der Waals surface area contributed by atoms with E-state index < -0.39 is 10.2 Å². The maximum Gasteiger partial charge on any atom is 0.279 e. The molecule has 0 saturated carbocycles. The fourth-order valence-corrected chi connectivity index (χ4v) is 2.87. The molecule has 0 aromatic heterocycles. The second-order valence-corrected chi connectivity index (χ2v) is 5.55. The molecular weight excluding hydrogens is 218 g/mol. The van der Waals surface area contributed by atoms with Crippen molar-refractivity contribution in [1.29, 1.82) is 0 Å². The number of nitrogens with one attached hydrogen (secondary N) is 1. The summed E-state index contributed by atoms with van der Waals surface area (Å²) < 4.78 is 27.3. The Morgan fingerprint density at radius 2 is 1.93 bits per heavy atom. The highest BCUT2D eigenvalue weighted by atomic mass is 32.2. The van der Waals surface area contributed by atoms with Crippen LogP contribution < -0.4 is 4.72 Å². The maximum atomic E-state index is 11.7. The summed E-state index contributed by atoms with van der Waals surface area (Å²) in [6.45, 7) is 4.31. The van der Waals surface area contributed by atoms with Crippen LogP contribution in [0, 0.1) is 0 Å². The van der Waals surface area contributed by atoms with E-state index in [1.807, 2.05) is 0 Å². The lowest BCUT2D eigenvalue weighted by molar-refractivity contribution is 0.309. The molecule has 1 aliphatic rings. The van der Waals surface area contributed by atoms with E-state index in [0.717, 1.165) is 0 Å². The predicted octanol–water partition coefficient (Wildman–Crippen LogP) is 0.155. The molecule has 0 spiro atoms. The lowest BCUT2D eigenvalue weighted by Crippen LogP contribution is -2.47. The smallest absolute Gasteiger partial charge is 0.279 e. The van der Waals surface area contributed by atoms with Crippen LogP contribution in [-0.4, -0.2) is 42.8 Å². The van der Waals surface area contributed by atoms with Crippen molar-refractivity contribution in [1.82, 2.24) is 9.03 Å². The van der Waals surface area contributed by atoms with Gasteiger partial charge in [-0.3, -0.25) is 0 Å². The van der Waals surface area contributed by atoms with Gasteiger partial charge in [0, 0.05) is 32.0 Å². The summed E-state index contributed by atoms with van der Waals surface area (Å²) >= 11 is 0. The van der Waals surface area contributed by atoms with Crippen molar-refractivity contribution in [2.24, 2.45) is 5.16 Å². The highest BCUT2D eigenvalue weighted by Gasteiger charge is 2.26. The van der Waals surface area contributed by atoms with Crippen molar-refractivity contribution >= 4 is 15.9 Å².